The van der Waals surface area contributed by atoms with E-state index in [-0.39, 0.29) is 36.1 Å². The Morgan fingerprint density at radius 1 is 1.17 bits per heavy atom. The number of thiazole rings is 1. The molecule has 0 radical (unpaired) electrons. The number of hydrogen-bond donors (Lipinski definition) is 2. The first-order chi connectivity index (χ1) is 14.2. The molecule has 2 aliphatic rings. The van der Waals surface area contributed by atoms with Crippen molar-refractivity contribution in [3.63, 3.8) is 0 Å². The van der Waals surface area contributed by atoms with Gasteiger partial charge in [0.25, 0.3) is 5.91 Å². The van der Waals surface area contributed by atoms with Gasteiger partial charge >= 0.3 is 0 Å². The van der Waals surface area contributed by atoms with Crippen LogP contribution in [0.2, 0.25) is 0 Å². The van der Waals surface area contributed by atoms with Crippen LogP contribution in [0.25, 0.3) is 0 Å². The number of carbonyl (C=O) groups excluding carboxylic acids is 2. The maximum atomic E-state index is 12.6. The minimum atomic E-state index is -0.352. The highest BCUT2D eigenvalue weighted by Crippen LogP contribution is 2.28. The quantitative estimate of drug-likeness (QED) is 0.712. The van der Waals surface area contributed by atoms with Crippen molar-refractivity contribution in [3.05, 3.63) is 35.2 Å². The summed E-state index contributed by atoms with van der Waals surface area (Å²) in [5.74, 6) is -0.175. The Balaban J connectivity index is 1.28. The molecule has 2 aromatic rings. The highest BCUT2D eigenvalue weighted by molar-refractivity contribution is 7.14. The van der Waals surface area contributed by atoms with Crippen LogP contribution in [0.1, 0.15) is 67.6 Å². The summed E-state index contributed by atoms with van der Waals surface area (Å²) in [6.45, 7) is 0. The molecule has 0 saturated heterocycles. The molecular weight excluding hydrogens is 390 g/mol. The lowest BCUT2D eigenvalue weighted by Crippen LogP contribution is -2.47. The molecule has 2 saturated carbocycles. The van der Waals surface area contributed by atoms with Crippen LogP contribution in [-0.4, -0.2) is 35.0 Å². The molecule has 2 atom stereocenters. The van der Waals surface area contributed by atoms with E-state index in [1.807, 2.05) is 0 Å². The highest BCUT2D eigenvalue weighted by atomic mass is 32.1. The second-order valence-electron chi connectivity index (χ2n) is 7.79. The molecule has 4 rings (SSSR count). The fourth-order valence-electron chi connectivity index (χ4n) is 4.13. The Morgan fingerprint density at radius 3 is 2.76 bits per heavy atom. The number of rotatable bonds is 7. The van der Waals surface area contributed by atoms with E-state index in [1.165, 1.54) is 30.4 Å². The molecule has 2 aromatic heterocycles. The zero-order chi connectivity index (χ0) is 20.1. The molecule has 0 aromatic carbocycles. The molecule has 2 N–H and O–H groups in total. The van der Waals surface area contributed by atoms with Crippen LogP contribution in [0.5, 0.6) is 0 Å². The number of furan rings is 1. The maximum absolute atomic E-state index is 12.6. The lowest BCUT2D eigenvalue weighted by atomic mass is 9.92. The second kappa shape index (κ2) is 9.54. The molecule has 156 valence electrons. The van der Waals surface area contributed by atoms with E-state index in [2.05, 4.69) is 15.6 Å². The zero-order valence-corrected chi connectivity index (χ0v) is 17.2. The van der Waals surface area contributed by atoms with Gasteiger partial charge in [0.05, 0.1) is 36.6 Å². The topological polar surface area (TPSA) is 93.5 Å². The van der Waals surface area contributed by atoms with Crippen LogP contribution in [0, 0.1) is 0 Å². The maximum Gasteiger partial charge on any atom is 0.293 e. The van der Waals surface area contributed by atoms with Crippen LogP contribution < -0.4 is 10.6 Å². The van der Waals surface area contributed by atoms with Gasteiger partial charge in [0.1, 0.15) is 0 Å². The first kappa shape index (κ1) is 20.1. The summed E-state index contributed by atoms with van der Waals surface area (Å²) in [7, 11) is 0. The molecule has 0 spiro atoms. The van der Waals surface area contributed by atoms with Crippen molar-refractivity contribution in [2.45, 2.75) is 76.0 Å². The summed E-state index contributed by atoms with van der Waals surface area (Å²) in [4.78, 5) is 28.9. The van der Waals surface area contributed by atoms with Gasteiger partial charge in [-0.2, -0.15) is 0 Å². The number of amides is 2. The van der Waals surface area contributed by atoms with E-state index in [9.17, 15) is 9.59 Å². The van der Waals surface area contributed by atoms with Gasteiger partial charge in [0, 0.05) is 5.38 Å². The van der Waals surface area contributed by atoms with E-state index in [4.69, 9.17) is 9.15 Å². The largest absolute Gasteiger partial charge is 0.459 e. The Bertz CT molecular complexity index is 814. The molecule has 2 amide bonds. The Hall–Kier alpha value is -2.19. The molecule has 0 bridgehead atoms. The smallest absolute Gasteiger partial charge is 0.293 e. The first-order valence-electron chi connectivity index (χ1n) is 10.4. The summed E-state index contributed by atoms with van der Waals surface area (Å²) in [5, 5.41) is 8.10. The summed E-state index contributed by atoms with van der Waals surface area (Å²) in [6, 6.07) is 3.32. The zero-order valence-electron chi connectivity index (χ0n) is 16.4. The van der Waals surface area contributed by atoms with E-state index < -0.39 is 0 Å². The van der Waals surface area contributed by atoms with Crippen molar-refractivity contribution in [3.8, 4) is 0 Å². The highest BCUT2D eigenvalue weighted by Gasteiger charge is 2.30. The average molecular weight is 418 g/mol. The summed E-state index contributed by atoms with van der Waals surface area (Å²) >= 11 is 1.30. The van der Waals surface area contributed by atoms with Crippen molar-refractivity contribution in [1.29, 1.82) is 0 Å². The van der Waals surface area contributed by atoms with E-state index in [0.29, 0.717) is 16.9 Å². The molecule has 2 fully saturated rings. The van der Waals surface area contributed by atoms with Gasteiger partial charge in [0.15, 0.2) is 10.9 Å². The van der Waals surface area contributed by atoms with Crippen LogP contribution in [0.15, 0.2) is 28.2 Å². The van der Waals surface area contributed by atoms with E-state index in [0.717, 1.165) is 38.5 Å². The van der Waals surface area contributed by atoms with Crippen LogP contribution in [-0.2, 0) is 16.0 Å². The van der Waals surface area contributed by atoms with Crippen molar-refractivity contribution in [2.24, 2.45) is 0 Å². The second-order valence-corrected chi connectivity index (χ2v) is 8.65. The summed E-state index contributed by atoms with van der Waals surface area (Å²) in [6.07, 6.45) is 11.2. The standard InChI is InChI=1S/C21H27N3O4S/c25-19(23-16-8-3-4-9-17(16)28-15-6-1-2-7-15)12-14-13-29-21(22-14)24-20(26)18-10-5-11-27-18/h5,10-11,13,15-17H,1-4,6-9,12H2,(H,23,25)(H,22,24,26)/t16-,17-/m1/s1. The molecule has 0 aliphatic heterocycles. The number of carbonyl (C=O) groups is 2. The minimum Gasteiger partial charge on any atom is -0.459 e. The predicted molar refractivity (Wildman–Crippen MR) is 110 cm³/mol. The number of hydrogen-bond acceptors (Lipinski definition) is 6. The number of nitrogens with zero attached hydrogens (tertiary/aromatic N) is 1. The lowest BCUT2D eigenvalue weighted by molar-refractivity contribution is -0.124. The summed E-state index contributed by atoms with van der Waals surface area (Å²) < 4.78 is 11.4. The van der Waals surface area contributed by atoms with E-state index >= 15 is 0 Å². The van der Waals surface area contributed by atoms with Gasteiger partial charge in [-0.1, -0.05) is 25.7 Å². The van der Waals surface area contributed by atoms with Gasteiger partial charge < -0.3 is 14.5 Å². The predicted octanol–water partition coefficient (Wildman–Crippen LogP) is 3.92. The van der Waals surface area contributed by atoms with Gasteiger partial charge in [0.2, 0.25) is 5.91 Å². The lowest BCUT2D eigenvalue weighted by Gasteiger charge is -2.34. The fraction of sp³-hybridized carbons (Fsp3) is 0.571. The first-order valence-corrected chi connectivity index (χ1v) is 11.3. The Kier molecular flexibility index (Phi) is 6.61. The third kappa shape index (κ3) is 5.45. The Labute approximate surface area is 174 Å². The normalized spacial score (nSPS) is 22.5. The molecule has 0 unspecified atom stereocenters. The molecule has 7 nitrogen and oxygen atoms in total. The van der Waals surface area contributed by atoms with Crippen molar-refractivity contribution in [1.82, 2.24) is 10.3 Å². The molecule has 2 aliphatic carbocycles. The van der Waals surface area contributed by atoms with Gasteiger partial charge in [-0.25, -0.2) is 4.98 Å². The number of anilines is 1. The van der Waals surface area contributed by atoms with Gasteiger partial charge in [-0.05, 0) is 37.8 Å². The minimum absolute atomic E-state index is 0.0499. The number of nitrogens with one attached hydrogen (secondary N) is 2. The van der Waals surface area contributed by atoms with Crippen LogP contribution in [0.4, 0.5) is 5.13 Å². The number of ether oxygens (including phenoxy) is 1. The fourth-order valence-corrected chi connectivity index (χ4v) is 4.84. The van der Waals surface area contributed by atoms with Crippen molar-refractivity contribution < 1.29 is 18.7 Å². The molecule has 8 heteroatoms. The number of aromatic nitrogens is 1. The third-order valence-corrected chi connectivity index (χ3v) is 6.38. The Morgan fingerprint density at radius 2 is 1.97 bits per heavy atom. The van der Waals surface area contributed by atoms with Crippen LogP contribution in [0.3, 0.4) is 0 Å². The monoisotopic (exact) mass is 417 g/mol. The molecular formula is C21H27N3O4S. The van der Waals surface area contributed by atoms with Crippen molar-refractivity contribution in [2.75, 3.05) is 5.32 Å². The van der Waals surface area contributed by atoms with Gasteiger partial charge in [-0.3, -0.25) is 14.9 Å². The third-order valence-electron chi connectivity index (χ3n) is 5.58. The SMILES string of the molecule is O=C(Cc1csc(NC(=O)c2ccco2)n1)N[C@@H]1CCCC[C@H]1OC1CCCC1. The molecule has 29 heavy (non-hydrogen) atoms. The van der Waals surface area contributed by atoms with Crippen molar-refractivity contribution >= 4 is 28.3 Å². The van der Waals surface area contributed by atoms with Gasteiger partial charge in [-0.15, -0.1) is 11.3 Å². The molecule has 2 heterocycles. The average Bonchev–Trinajstić information content (AvgIpc) is 3.46. The van der Waals surface area contributed by atoms with E-state index in [1.54, 1.807) is 17.5 Å². The summed E-state index contributed by atoms with van der Waals surface area (Å²) in [5.41, 5.74) is 0.645. The van der Waals surface area contributed by atoms with Crippen LogP contribution >= 0.6 is 11.3 Å².